The smallest absolute Gasteiger partial charge is 0.204 e. The van der Waals surface area contributed by atoms with E-state index in [0.29, 0.717) is 15.5 Å². The number of halogens is 2. The van der Waals surface area contributed by atoms with Gasteiger partial charge in [0.25, 0.3) is 0 Å². The first-order chi connectivity index (χ1) is 6.70. The summed E-state index contributed by atoms with van der Waals surface area (Å²) in [6.07, 6.45) is 1.37. The van der Waals surface area contributed by atoms with Gasteiger partial charge in [0, 0.05) is 0 Å². The lowest BCUT2D eigenvalue weighted by atomic mass is 10.1. The van der Waals surface area contributed by atoms with Crippen LogP contribution in [0, 0.1) is 0 Å². The van der Waals surface area contributed by atoms with Crippen LogP contribution in [0.15, 0.2) is 28.2 Å². The highest BCUT2D eigenvalue weighted by Gasteiger charge is 2.18. The Hall–Kier alpha value is -0.770. The monoisotopic (exact) mass is 246 g/mol. The molecule has 0 aromatic carbocycles. The maximum Gasteiger partial charge on any atom is 0.204 e. The van der Waals surface area contributed by atoms with E-state index < -0.39 is 0 Å². The first-order valence-electron chi connectivity index (χ1n) is 3.71. The van der Waals surface area contributed by atoms with Gasteiger partial charge in [0.2, 0.25) is 5.22 Å². The Morgan fingerprint density at radius 2 is 2.07 bits per heavy atom. The van der Waals surface area contributed by atoms with Gasteiger partial charge in [0.15, 0.2) is 5.78 Å². The minimum Gasteiger partial charge on any atom is -0.452 e. The maximum atomic E-state index is 11.8. The Kier molecular flexibility index (Phi) is 2.63. The number of thiophene rings is 1. The molecule has 2 heterocycles. The molecule has 2 aromatic rings. The molecule has 2 nitrogen and oxygen atoms in total. The third-order valence-electron chi connectivity index (χ3n) is 1.73. The van der Waals surface area contributed by atoms with Crippen molar-refractivity contribution in [2.45, 2.75) is 0 Å². The fourth-order valence-corrected chi connectivity index (χ4v) is 2.17. The molecule has 0 fully saturated rings. The zero-order chi connectivity index (χ0) is 10.1. The van der Waals surface area contributed by atoms with Crippen LogP contribution in [-0.4, -0.2) is 5.78 Å². The second-order valence-electron chi connectivity index (χ2n) is 2.55. The highest BCUT2D eigenvalue weighted by molar-refractivity contribution is 7.14. The zero-order valence-electron chi connectivity index (χ0n) is 6.79. The maximum absolute atomic E-state index is 11.8. The summed E-state index contributed by atoms with van der Waals surface area (Å²) in [6, 6.07) is 3.19. The van der Waals surface area contributed by atoms with Gasteiger partial charge in [-0.15, -0.1) is 11.3 Å². The summed E-state index contributed by atoms with van der Waals surface area (Å²) in [7, 11) is 0. The topological polar surface area (TPSA) is 30.2 Å². The van der Waals surface area contributed by atoms with E-state index in [4.69, 9.17) is 27.6 Å². The Morgan fingerprint density at radius 1 is 1.29 bits per heavy atom. The number of rotatable bonds is 2. The molecule has 0 spiro atoms. The summed E-state index contributed by atoms with van der Waals surface area (Å²) < 4.78 is 5.29. The number of ketones is 1. The Balaban J connectivity index is 2.44. The van der Waals surface area contributed by atoms with E-state index in [1.54, 1.807) is 11.4 Å². The van der Waals surface area contributed by atoms with Crippen LogP contribution in [-0.2, 0) is 0 Å². The predicted octanol–water partition coefficient (Wildman–Crippen LogP) is 3.88. The SMILES string of the molecule is O=C(c1ccoc1Cl)c1ccsc1Cl. The molecule has 0 aliphatic rings. The van der Waals surface area contributed by atoms with Gasteiger partial charge in [-0.2, -0.15) is 0 Å². The minimum atomic E-state index is -0.213. The van der Waals surface area contributed by atoms with Crippen LogP contribution >= 0.6 is 34.5 Å². The normalized spacial score (nSPS) is 10.4. The summed E-state index contributed by atoms with van der Waals surface area (Å²) in [5, 5.41) is 1.85. The molecule has 0 N–H and O–H groups in total. The summed E-state index contributed by atoms with van der Waals surface area (Å²) in [5.74, 6) is -0.213. The Morgan fingerprint density at radius 3 is 2.57 bits per heavy atom. The van der Waals surface area contributed by atoms with E-state index >= 15 is 0 Å². The molecule has 0 saturated carbocycles. The van der Waals surface area contributed by atoms with Crippen LogP contribution in [0.25, 0.3) is 0 Å². The molecule has 0 aliphatic carbocycles. The molecule has 0 atom stereocenters. The molecular formula is C9H4Cl2O2S. The molecular weight excluding hydrogens is 243 g/mol. The van der Waals surface area contributed by atoms with Crippen LogP contribution in [0.3, 0.4) is 0 Å². The second-order valence-corrected chi connectivity index (χ2v) is 4.41. The van der Waals surface area contributed by atoms with Gasteiger partial charge in [0.05, 0.1) is 17.4 Å². The molecule has 0 radical (unpaired) electrons. The lowest BCUT2D eigenvalue weighted by Gasteiger charge is -1.94. The quantitative estimate of drug-likeness (QED) is 0.754. The summed E-state index contributed by atoms with van der Waals surface area (Å²) in [6.45, 7) is 0. The Labute approximate surface area is 94.1 Å². The van der Waals surface area contributed by atoms with Crippen molar-refractivity contribution in [3.63, 3.8) is 0 Å². The first kappa shape index (κ1) is 9.77. The largest absolute Gasteiger partial charge is 0.452 e. The van der Waals surface area contributed by atoms with Crippen LogP contribution in [0.2, 0.25) is 9.56 Å². The van der Waals surface area contributed by atoms with Crippen LogP contribution in [0.5, 0.6) is 0 Å². The molecule has 2 aromatic heterocycles. The van der Waals surface area contributed by atoms with Crippen LogP contribution in [0.1, 0.15) is 15.9 Å². The van der Waals surface area contributed by atoms with Crippen molar-refractivity contribution >= 4 is 40.3 Å². The van der Waals surface area contributed by atoms with E-state index in [1.807, 2.05) is 0 Å². The summed E-state index contributed by atoms with van der Waals surface area (Å²) in [4.78, 5) is 11.8. The second kappa shape index (κ2) is 3.77. The van der Waals surface area contributed by atoms with Crippen LogP contribution < -0.4 is 0 Å². The predicted molar refractivity (Wildman–Crippen MR) is 56.5 cm³/mol. The van der Waals surface area contributed by atoms with Crippen molar-refractivity contribution in [1.82, 2.24) is 0 Å². The minimum absolute atomic E-state index is 0.0947. The molecule has 0 aliphatic heterocycles. The summed E-state index contributed by atoms with van der Waals surface area (Å²) >= 11 is 12.8. The molecule has 0 unspecified atom stereocenters. The van der Waals surface area contributed by atoms with Crippen molar-refractivity contribution in [2.24, 2.45) is 0 Å². The number of furan rings is 1. The van der Waals surface area contributed by atoms with Gasteiger partial charge in [-0.25, -0.2) is 0 Å². The average Bonchev–Trinajstić information content (AvgIpc) is 2.73. The van der Waals surface area contributed by atoms with Crippen molar-refractivity contribution in [1.29, 1.82) is 0 Å². The highest BCUT2D eigenvalue weighted by Crippen LogP contribution is 2.28. The van der Waals surface area contributed by atoms with E-state index in [-0.39, 0.29) is 11.0 Å². The van der Waals surface area contributed by atoms with Crippen LogP contribution in [0.4, 0.5) is 0 Å². The van der Waals surface area contributed by atoms with Gasteiger partial charge in [-0.3, -0.25) is 4.79 Å². The lowest BCUT2D eigenvalue weighted by Crippen LogP contribution is -1.98. The van der Waals surface area contributed by atoms with E-state index in [2.05, 4.69) is 0 Å². The molecule has 14 heavy (non-hydrogen) atoms. The third kappa shape index (κ3) is 1.59. The number of carbonyl (C=O) groups is 1. The zero-order valence-corrected chi connectivity index (χ0v) is 9.12. The first-order valence-corrected chi connectivity index (χ1v) is 5.34. The fraction of sp³-hybridized carbons (Fsp3) is 0. The van der Waals surface area contributed by atoms with Gasteiger partial charge >= 0.3 is 0 Å². The van der Waals surface area contributed by atoms with Gasteiger partial charge < -0.3 is 4.42 Å². The molecule has 0 saturated heterocycles. The fourth-order valence-electron chi connectivity index (χ4n) is 1.06. The number of hydrogen-bond donors (Lipinski definition) is 0. The highest BCUT2D eigenvalue weighted by atomic mass is 35.5. The molecule has 0 bridgehead atoms. The van der Waals surface area contributed by atoms with E-state index in [1.165, 1.54) is 23.7 Å². The lowest BCUT2D eigenvalue weighted by molar-refractivity contribution is 0.103. The van der Waals surface area contributed by atoms with Crippen molar-refractivity contribution in [3.8, 4) is 0 Å². The van der Waals surface area contributed by atoms with Crippen molar-refractivity contribution < 1.29 is 9.21 Å². The number of hydrogen-bond acceptors (Lipinski definition) is 3. The van der Waals surface area contributed by atoms with Gasteiger partial charge in [-0.1, -0.05) is 11.6 Å². The van der Waals surface area contributed by atoms with E-state index in [9.17, 15) is 4.79 Å². The summed E-state index contributed by atoms with van der Waals surface area (Å²) in [5.41, 5.74) is 0.798. The van der Waals surface area contributed by atoms with Gasteiger partial charge in [-0.05, 0) is 29.1 Å². The standard InChI is InChI=1S/C9H4Cl2O2S/c10-8-5(1-3-13-8)7(12)6-2-4-14-9(6)11/h1-4H. The van der Waals surface area contributed by atoms with Crippen molar-refractivity contribution in [3.05, 3.63) is 44.5 Å². The van der Waals surface area contributed by atoms with Gasteiger partial charge in [0.1, 0.15) is 4.34 Å². The number of carbonyl (C=O) groups excluding carboxylic acids is 1. The molecule has 0 amide bonds. The molecule has 5 heteroatoms. The van der Waals surface area contributed by atoms with Crippen molar-refractivity contribution in [2.75, 3.05) is 0 Å². The molecule has 72 valence electrons. The Bertz CT molecular complexity index is 430. The third-order valence-corrected chi connectivity index (χ3v) is 3.19. The average molecular weight is 247 g/mol. The molecule has 2 rings (SSSR count). The van der Waals surface area contributed by atoms with E-state index in [0.717, 1.165) is 0 Å².